The lowest BCUT2D eigenvalue weighted by atomic mass is 10.1. The van der Waals surface area contributed by atoms with Gasteiger partial charge in [0.1, 0.15) is 5.82 Å². The molecule has 1 unspecified atom stereocenters. The molecule has 8 heteroatoms. The lowest BCUT2D eigenvalue weighted by Crippen LogP contribution is -2.41. The van der Waals surface area contributed by atoms with E-state index < -0.39 is 10.0 Å². The molecule has 0 N–H and O–H groups in total. The second kappa shape index (κ2) is 6.37. The molecule has 1 aromatic carbocycles. The first kappa shape index (κ1) is 17.0. The topological polar surface area (TPSA) is 68.1 Å². The minimum atomic E-state index is -3.62. The van der Waals surface area contributed by atoms with Crippen LogP contribution < -0.4 is 0 Å². The molecule has 2 aromatic rings. The van der Waals surface area contributed by atoms with Crippen molar-refractivity contribution in [2.45, 2.75) is 56.0 Å². The Bertz CT molecular complexity index is 890. The van der Waals surface area contributed by atoms with E-state index in [9.17, 15) is 8.42 Å². The van der Waals surface area contributed by atoms with Gasteiger partial charge in [0.05, 0.1) is 10.9 Å². The van der Waals surface area contributed by atoms with Gasteiger partial charge >= 0.3 is 0 Å². The Morgan fingerprint density at radius 1 is 1.12 bits per heavy atom. The lowest BCUT2D eigenvalue weighted by molar-refractivity contribution is 0.271. The average Bonchev–Trinajstić information content (AvgIpc) is 3.24. The molecular weight excluding hydrogens is 360 g/mol. The number of sulfonamides is 1. The molecule has 0 saturated heterocycles. The van der Waals surface area contributed by atoms with Crippen LogP contribution in [0, 0.1) is 0 Å². The molecule has 1 aliphatic carbocycles. The summed E-state index contributed by atoms with van der Waals surface area (Å²) in [6.45, 7) is 2.89. The van der Waals surface area contributed by atoms with Crippen molar-refractivity contribution in [1.82, 2.24) is 19.1 Å². The van der Waals surface area contributed by atoms with Crippen LogP contribution in [0.1, 0.15) is 56.2 Å². The molecule has 25 heavy (non-hydrogen) atoms. The van der Waals surface area contributed by atoms with Crippen LogP contribution in [-0.4, -0.2) is 34.0 Å². The standard InChI is InChI=1S/C17H21ClN4O2S/c1-12-16-19-20-17(13-5-2-3-6-13)21(16)9-10-22(12)25(23,24)15-8-4-7-14(18)11-15/h4,7-8,11-13H,2-3,5-6,9-10H2,1H3. The third-order valence-corrected chi connectivity index (χ3v) is 7.48. The summed E-state index contributed by atoms with van der Waals surface area (Å²) in [5.74, 6) is 2.22. The van der Waals surface area contributed by atoms with Gasteiger partial charge in [0.25, 0.3) is 0 Å². The molecule has 1 aliphatic heterocycles. The van der Waals surface area contributed by atoms with E-state index in [1.54, 1.807) is 18.2 Å². The van der Waals surface area contributed by atoms with Crippen molar-refractivity contribution in [3.8, 4) is 0 Å². The van der Waals surface area contributed by atoms with E-state index in [4.69, 9.17) is 11.6 Å². The van der Waals surface area contributed by atoms with E-state index in [1.165, 1.54) is 23.2 Å². The number of rotatable bonds is 3. The van der Waals surface area contributed by atoms with E-state index >= 15 is 0 Å². The summed E-state index contributed by atoms with van der Waals surface area (Å²) in [7, 11) is -3.62. The molecule has 2 aliphatic rings. The van der Waals surface area contributed by atoms with Gasteiger partial charge in [-0.1, -0.05) is 30.5 Å². The predicted molar refractivity (Wildman–Crippen MR) is 95.0 cm³/mol. The molecule has 0 spiro atoms. The number of halogens is 1. The van der Waals surface area contributed by atoms with Crippen molar-refractivity contribution >= 4 is 21.6 Å². The molecule has 134 valence electrons. The van der Waals surface area contributed by atoms with E-state index in [0.29, 0.717) is 24.0 Å². The lowest BCUT2D eigenvalue weighted by Gasteiger charge is -2.33. The molecule has 0 amide bonds. The van der Waals surface area contributed by atoms with Crippen LogP contribution in [0.25, 0.3) is 0 Å². The third kappa shape index (κ3) is 2.88. The highest BCUT2D eigenvalue weighted by atomic mass is 35.5. The fourth-order valence-corrected chi connectivity index (χ4v) is 5.85. The summed E-state index contributed by atoms with van der Waals surface area (Å²) in [5, 5.41) is 9.16. The van der Waals surface area contributed by atoms with Crippen molar-refractivity contribution in [2.24, 2.45) is 0 Å². The zero-order valence-electron chi connectivity index (χ0n) is 14.1. The van der Waals surface area contributed by atoms with Crippen molar-refractivity contribution in [1.29, 1.82) is 0 Å². The van der Waals surface area contributed by atoms with Gasteiger partial charge in [-0.25, -0.2) is 8.42 Å². The van der Waals surface area contributed by atoms with Gasteiger partial charge in [0.2, 0.25) is 10.0 Å². The van der Waals surface area contributed by atoms with Crippen molar-refractivity contribution < 1.29 is 8.42 Å². The minimum Gasteiger partial charge on any atom is -0.312 e. The Morgan fingerprint density at radius 3 is 2.56 bits per heavy atom. The van der Waals surface area contributed by atoms with Crippen molar-refractivity contribution in [3.05, 3.63) is 40.9 Å². The first-order valence-electron chi connectivity index (χ1n) is 8.69. The molecule has 0 radical (unpaired) electrons. The fraction of sp³-hybridized carbons (Fsp3) is 0.529. The summed E-state index contributed by atoms with van der Waals surface area (Å²) in [6, 6.07) is 6.06. The van der Waals surface area contributed by atoms with Crippen LogP contribution in [-0.2, 0) is 16.6 Å². The Labute approximate surface area is 152 Å². The molecule has 0 bridgehead atoms. The Balaban J connectivity index is 1.67. The number of aromatic nitrogens is 3. The average molecular weight is 381 g/mol. The maximum Gasteiger partial charge on any atom is 0.243 e. The van der Waals surface area contributed by atoms with Crippen LogP contribution >= 0.6 is 11.6 Å². The highest BCUT2D eigenvalue weighted by Gasteiger charge is 2.37. The molecule has 1 aromatic heterocycles. The van der Waals surface area contributed by atoms with Crippen molar-refractivity contribution in [2.75, 3.05) is 6.54 Å². The number of hydrogen-bond acceptors (Lipinski definition) is 4. The smallest absolute Gasteiger partial charge is 0.243 e. The van der Waals surface area contributed by atoms with Crippen LogP contribution in [0.15, 0.2) is 29.2 Å². The van der Waals surface area contributed by atoms with Gasteiger partial charge in [-0.15, -0.1) is 10.2 Å². The molecular formula is C17H21ClN4O2S. The monoisotopic (exact) mass is 380 g/mol. The Morgan fingerprint density at radius 2 is 1.84 bits per heavy atom. The van der Waals surface area contributed by atoms with Crippen molar-refractivity contribution in [3.63, 3.8) is 0 Å². The molecule has 4 rings (SSSR count). The van der Waals surface area contributed by atoms with E-state index in [1.807, 2.05) is 6.92 Å². The van der Waals surface area contributed by atoms with E-state index in [0.717, 1.165) is 24.5 Å². The second-order valence-electron chi connectivity index (χ2n) is 6.80. The van der Waals surface area contributed by atoms with Gasteiger partial charge in [-0.05, 0) is 38.0 Å². The highest BCUT2D eigenvalue weighted by molar-refractivity contribution is 7.89. The van der Waals surface area contributed by atoms with Gasteiger partial charge in [0.15, 0.2) is 5.82 Å². The van der Waals surface area contributed by atoms with Crippen LogP contribution in [0.5, 0.6) is 0 Å². The minimum absolute atomic E-state index is 0.218. The number of nitrogens with zero attached hydrogens (tertiary/aromatic N) is 4. The second-order valence-corrected chi connectivity index (χ2v) is 9.13. The van der Waals surface area contributed by atoms with Gasteiger partial charge < -0.3 is 4.57 Å². The third-order valence-electron chi connectivity index (χ3n) is 5.28. The van der Waals surface area contributed by atoms with E-state index in [-0.39, 0.29) is 10.9 Å². The summed E-state index contributed by atoms with van der Waals surface area (Å²) < 4.78 is 29.7. The summed E-state index contributed by atoms with van der Waals surface area (Å²) in [5.41, 5.74) is 0. The Hall–Kier alpha value is -1.44. The maximum atomic E-state index is 13.0. The van der Waals surface area contributed by atoms with Crippen LogP contribution in [0.3, 0.4) is 0 Å². The SMILES string of the molecule is CC1c2nnc(C3CCCC3)n2CCN1S(=O)(=O)c1cccc(Cl)c1. The first-order chi connectivity index (χ1) is 12.0. The zero-order chi connectivity index (χ0) is 17.6. The number of benzene rings is 1. The predicted octanol–water partition coefficient (Wildman–Crippen LogP) is 3.35. The van der Waals surface area contributed by atoms with E-state index in [2.05, 4.69) is 14.8 Å². The fourth-order valence-electron chi connectivity index (χ4n) is 3.96. The Kier molecular flexibility index (Phi) is 4.33. The molecule has 6 nitrogen and oxygen atoms in total. The molecule has 1 fully saturated rings. The van der Waals surface area contributed by atoms with Crippen LogP contribution in [0.2, 0.25) is 5.02 Å². The van der Waals surface area contributed by atoms with Gasteiger partial charge in [-0.2, -0.15) is 4.31 Å². The molecule has 1 atom stereocenters. The van der Waals surface area contributed by atoms with Gasteiger partial charge in [0, 0.05) is 24.0 Å². The number of hydrogen-bond donors (Lipinski definition) is 0. The first-order valence-corrected chi connectivity index (χ1v) is 10.5. The highest BCUT2D eigenvalue weighted by Crippen LogP contribution is 2.37. The summed E-state index contributed by atoms with van der Waals surface area (Å²) in [6.07, 6.45) is 4.77. The maximum absolute atomic E-state index is 13.0. The summed E-state index contributed by atoms with van der Waals surface area (Å²) >= 11 is 5.97. The van der Waals surface area contributed by atoms with Crippen LogP contribution in [0.4, 0.5) is 0 Å². The van der Waals surface area contributed by atoms with Gasteiger partial charge in [-0.3, -0.25) is 0 Å². The quantitative estimate of drug-likeness (QED) is 0.818. The number of fused-ring (bicyclic) bond motifs is 1. The summed E-state index contributed by atoms with van der Waals surface area (Å²) in [4.78, 5) is 0.218. The largest absolute Gasteiger partial charge is 0.312 e. The molecule has 2 heterocycles. The zero-order valence-corrected chi connectivity index (χ0v) is 15.7. The molecule has 1 saturated carbocycles. The normalized spacial score (nSPS) is 22.2.